The number of aromatic nitrogens is 1. The van der Waals surface area contributed by atoms with E-state index in [1.165, 1.54) is 28.8 Å². The zero-order valence-corrected chi connectivity index (χ0v) is 16.4. The summed E-state index contributed by atoms with van der Waals surface area (Å²) >= 11 is 6.23. The first-order valence-electron chi connectivity index (χ1n) is 9.30. The molecule has 27 heavy (non-hydrogen) atoms. The third-order valence-corrected chi connectivity index (χ3v) is 5.93. The van der Waals surface area contributed by atoms with E-state index in [4.69, 9.17) is 11.6 Å². The van der Waals surface area contributed by atoms with Crippen molar-refractivity contribution < 1.29 is 9.50 Å². The maximum atomic E-state index is 13.3. The normalized spacial score (nSPS) is 20.3. The predicted molar refractivity (Wildman–Crippen MR) is 108 cm³/mol. The number of H-pyrrole nitrogens is 1. The third-order valence-electron chi connectivity index (χ3n) is 5.70. The number of hydrogen-bond acceptors (Lipinski definition) is 2. The molecule has 2 atom stereocenters. The monoisotopic (exact) mass is 386 g/mol. The van der Waals surface area contributed by atoms with Gasteiger partial charge in [0.15, 0.2) is 0 Å². The maximum Gasteiger partial charge on any atom is 0.123 e. The molecule has 0 saturated heterocycles. The Morgan fingerprint density at radius 2 is 2.00 bits per heavy atom. The Balaban J connectivity index is 1.73. The Bertz CT molecular complexity index is 964. The first-order valence-corrected chi connectivity index (χ1v) is 9.68. The van der Waals surface area contributed by atoms with Crippen molar-refractivity contribution in [2.45, 2.75) is 31.3 Å². The second-order valence-electron chi connectivity index (χ2n) is 7.90. The van der Waals surface area contributed by atoms with Gasteiger partial charge in [-0.15, -0.1) is 0 Å². The number of rotatable bonds is 3. The van der Waals surface area contributed by atoms with Crippen LogP contribution in [0.5, 0.6) is 0 Å². The summed E-state index contributed by atoms with van der Waals surface area (Å²) in [4.78, 5) is 5.88. The lowest BCUT2D eigenvalue weighted by molar-refractivity contribution is 0.0364. The summed E-state index contributed by atoms with van der Waals surface area (Å²) in [6.07, 6.45) is 1.50. The highest BCUT2D eigenvalue weighted by molar-refractivity contribution is 6.31. The number of aliphatic hydroxyl groups is 1. The highest BCUT2D eigenvalue weighted by atomic mass is 35.5. The van der Waals surface area contributed by atoms with Gasteiger partial charge in [-0.1, -0.05) is 23.7 Å². The minimum Gasteiger partial charge on any atom is -0.385 e. The van der Waals surface area contributed by atoms with Crippen LogP contribution >= 0.6 is 11.6 Å². The molecule has 0 amide bonds. The van der Waals surface area contributed by atoms with Crippen LogP contribution in [0.15, 0.2) is 42.5 Å². The Morgan fingerprint density at radius 1 is 1.26 bits per heavy atom. The molecule has 0 aliphatic carbocycles. The minimum absolute atomic E-state index is 0.138. The number of nitrogens with zero attached hydrogens (tertiary/aromatic N) is 1. The number of benzene rings is 2. The Kier molecular flexibility index (Phi) is 4.75. The van der Waals surface area contributed by atoms with E-state index in [2.05, 4.69) is 16.9 Å². The van der Waals surface area contributed by atoms with Gasteiger partial charge in [-0.2, -0.15) is 0 Å². The van der Waals surface area contributed by atoms with Crippen LogP contribution in [0.25, 0.3) is 10.9 Å². The molecular formula is C22H24ClFN2O. The molecule has 0 bridgehead atoms. The topological polar surface area (TPSA) is 39.3 Å². The lowest BCUT2D eigenvalue weighted by atomic mass is 9.83. The van der Waals surface area contributed by atoms with Gasteiger partial charge in [0.2, 0.25) is 0 Å². The quantitative estimate of drug-likeness (QED) is 0.676. The zero-order valence-electron chi connectivity index (χ0n) is 15.6. The van der Waals surface area contributed by atoms with Crippen molar-refractivity contribution in [2.24, 2.45) is 0 Å². The van der Waals surface area contributed by atoms with Crippen LogP contribution in [-0.4, -0.2) is 35.1 Å². The number of nitrogens with one attached hydrogen (secondary N) is 1. The van der Waals surface area contributed by atoms with Gasteiger partial charge in [0.1, 0.15) is 5.82 Å². The van der Waals surface area contributed by atoms with E-state index < -0.39 is 5.60 Å². The molecule has 3 aromatic rings. The van der Waals surface area contributed by atoms with Gasteiger partial charge in [-0.05, 0) is 68.3 Å². The van der Waals surface area contributed by atoms with E-state index in [1.807, 2.05) is 25.1 Å². The van der Waals surface area contributed by atoms with Crippen LogP contribution in [0, 0.1) is 5.82 Å². The summed E-state index contributed by atoms with van der Waals surface area (Å²) in [5.41, 5.74) is 3.24. The summed E-state index contributed by atoms with van der Waals surface area (Å²) in [6.45, 7) is 3.62. The molecular weight excluding hydrogens is 363 g/mol. The van der Waals surface area contributed by atoms with Crippen molar-refractivity contribution >= 4 is 22.5 Å². The first-order chi connectivity index (χ1) is 12.8. The van der Waals surface area contributed by atoms with E-state index in [-0.39, 0.29) is 11.7 Å². The van der Waals surface area contributed by atoms with Crippen molar-refractivity contribution in [3.63, 3.8) is 0 Å². The highest BCUT2D eigenvalue weighted by Crippen LogP contribution is 2.39. The minimum atomic E-state index is -1.05. The second-order valence-corrected chi connectivity index (χ2v) is 8.34. The van der Waals surface area contributed by atoms with E-state index in [1.54, 1.807) is 12.1 Å². The average molecular weight is 387 g/mol. The average Bonchev–Trinajstić information content (AvgIpc) is 2.89. The Labute approximate surface area is 163 Å². The van der Waals surface area contributed by atoms with E-state index in [0.717, 1.165) is 35.6 Å². The smallest absolute Gasteiger partial charge is 0.123 e. The summed E-state index contributed by atoms with van der Waals surface area (Å²) in [6, 6.07) is 12.1. The van der Waals surface area contributed by atoms with Crippen molar-refractivity contribution in [1.29, 1.82) is 0 Å². The standard InChI is InChI=1S/C22H24ClFN2O/c1-22(27,15-3-6-17(24)7-4-15)12-14-13-26(2)10-9-18-19-11-16(23)5-8-20(19)25-21(14)18/h3-8,11,14,25,27H,9-10,12-13H2,1-2H3. The molecule has 2 N–H and O–H groups in total. The van der Waals surface area contributed by atoms with Gasteiger partial charge < -0.3 is 15.0 Å². The fraction of sp³-hybridized carbons (Fsp3) is 0.364. The van der Waals surface area contributed by atoms with E-state index in [0.29, 0.717) is 6.42 Å². The molecule has 1 aromatic heterocycles. The van der Waals surface area contributed by atoms with Crippen molar-refractivity contribution in [1.82, 2.24) is 9.88 Å². The third kappa shape index (κ3) is 3.62. The fourth-order valence-corrected chi connectivity index (χ4v) is 4.47. The molecule has 2 heterocycles. The molecule has 1 aliphatic rings. The van der Waals surface area contributed by atoms with Crippen molar-refractivity contribution in [3.8, 4) is 0 Å². The second kappa shape index (κ2) is 6.93. The molecule has 3 nitrogen and oxygen atoms in total. The van der Waals surface area contributed by atoms with E-state index >= 15 is 0 Å². The van der Waals surface area contributed by atoms with Crippen LogP contribution in [0.2, 0.25) is 5.02 Å². The molecule has 5 heteroatoms. The molecule has 2 unspecified atom stereocenters. The Morgan fingerprint density at radius 3 is 2.74 bits per heavy atom. The summed E-state index contributed by atoms with van der Waals surface area (Å²) in [5, 5.41) is 13.1. The Hall–Kier alpha value is -1.88. The van der Waals surface area contributed by atoms with Crippen LogP contribution in [0.3, 0.4) is 0 Å². The number of hydrogen-bond donors (Lipinski definition) is 2. The maximum absolute atomic E-state index is 13.3. The molecule has 0 saturated carbocycles. The van der Waals surface area contributed by atoms with Crippen LogP contribution < -0.4 is 0 Å². The zero-order chi connectivity index (χ0) is 19.2. The molecule has 0 spiro atoms. The SMILES string of the molecule is CN1CCc2c([nH]c3ccc(Cl)cc23)C(CC(C)(O)c2ccc(F)cc2)C1. The molecule has 2 aromatic carbocycles. The van der Waals surface area contributed by atoms with Crippen molar-refractivity contribution in [2.75, 3.05) is 20.1 Å². The number of aromatic amines is 1. The molecule has 1 aliphatic heterocycles. The van der Waals surface area contributed by atoms with Gasteiger partial charge in [0.05, 0.1) is 5.60 Å². The lowest BCUT2D eigenvalue weighted by Gasteiger charge is -2.30. The predicted octanol–water partition coefficient (Wildman–Crippen LogP) is 4.83. The highest BCUT2D eigenvalue weighted by Gasteiger charge is 2.33. The van der Waals surface area contributed by atoms with Crippen LogP contribution in [0.1, 0.15) is 36.1 Å². The summed E-state index contributed by atoms with van der Waals surface area (Å²) in [7, 11) is 2.11. The molecule has 142 valence electrons. The molecule has 0 fully saturated rings. The fourth-order valence-electron chi connectivity index (χ4n) is 4.29. The molecule has 4 rings (SSSR count). The summed E-state index contributed by atoms with van der Waals surface area (Å²) in [5.74, 6) is -0.155. The first kappa shape index (κ1) is 18.5. The van der Waals surface area contributed by atoms with Gasteiger partial charge in [-0.3, -0.25) is 0 Å². The number of halogens is 2. The van der Waals surface area contributed by atoms with Crippen LogP contribution in [0.4, 0.5) is 4.39 Å². The van der Waals surface area contributed by atoms with Gasteiger partial charge >= 0.3 is 0 Å². The van der Waals surface area contributed by atoms with Gasteiger partial charge in [0.25, 0.3) is 0 Å². The number of likely N-dealkylation sites (N-methyl/N-ethyl adjacent to an activating group) is 1. The van der Waals surface area contributed by atoms with Crippen LogP contribution in [-0.2, 0) is 12.0 Å². The number of fused-ring (bicyclic) bond motifs is 3. The lowest BCUT2D eigenvalue weighted by Crippen LogP contribution is -2.30. The van der Waals surface area contributed by atoms with Gasteiger partial charge in [0, 0.05) is 40.6 Å². The largest absolute Gasteiger partial charge is 0.385 e. The van der Waals surface area contributed by atoms with Crippen molar-refractivity contribution in [3.05, 3.63) is 70.1 Å². The van der Waals surface area contributed by atoms with E-state index in [9.17, 15) is 9.50 Å². The van der Waals surface area contributed by atoms with Gasteiger partial charge in [-0.25, -0.2) is 4.39 Å². The summed E-state index contributed by atoms with van der Waals surface area (Å²) < 4.78 is 13.3. The molecule has 0 radical (unpaired) electrons.